The van der Waals surface area contributed by atoms with Crippen molar-refractivity contribution in [3.8, 4) is 0 Å². The van der Waals surface area contributed by atoms with E-state index in [2.05, 4.69) is 9.97 Å². The molecular weight excluding hydrogens is 364 g/mol. The van der Waals surface area contributed by atoms with Crippen molar-refractivity contribution in [3.63, 3.8) is 0 Å². The predicted octanol–water partition coefficient (Wildman–Crippen LogP) is 3.87. The van der Waals surface area contributed by atoms with Gasteiger partial charge in [0.25, 0.3) is 5.56 Å². The topological polar surface area (TPSA) is 89.1 Å². The monoisotopic (exact) mass is 384 g/mol. The Balaban J connectivity index is 1.63. The predicted molar refractivity (Wildman–Crippen MR) is 104 cm³/mol. The van der Waals surface area contributed by atoms with Crippen LogP contribution in [-0.2, 0) is 9.53 Å². The number of aryl methyl sites for hydroxylation is 2. The molecule has 2 heterocycles. The van der Waals surface area contributed by atoms with Crippen molar-refractivity contribution in [2.75, 3.05) is 0 Å². The summed E-state index contributed by atoms with van der Waals surface area (Å²) in [5.74, 6) is -0.294. The number of carbonyl (C=O) groups excluding carboxylic acids is 2. The number of ketones is 1. The van der Waals surface area contributed by atoms with E-state index < -0.39 is 12.1 Å². The van der Waals surface area contributed by atoms with Gasteiger partial charge in [0.2, 0.25) is 0 Å². The molecule has 0 spiro atoms. The van der Waals surface area contributed by atoms with Crippen LogP contribution in [0.15, 0.2) is 35.1 Å². The fraction of sp³-hybridized carbons (Fsp3) is 0.300. The number of carbonyl (C=O) groups is 2. The van der Waals surface area contributed by atoms with Gasteiger partial charge >= 0.3 is 5.97 Å². The number of thiophene rings is 1. The van der Waals surface area contributed by atoms with Crippen LogP contribution in [0.25, 0.3) is 10.9 Å². The molecule has 140 valence electrons. The Morgan fingerprint density at radius 1 is 1.22 bits per heavy atom. The molecular formula is C20H20N2O4S. The first-order valence-electron chi connectivity index (χ1n) is 8.64. The van der Waals surface area contributed by atoms with E-state index in [0.717, 1.165) is 9.75 Å². The third-order valence-corrected chi connectivity index (χ3v) is 5.19. The summed E-state index contributed by atoms with van der Waals surface area (Å²) in [5, 5.41) is 0.479. The van der Waals surface area contributed by atoms with Crippen molar-refractivity contribution < 1.29 is 14.3 Å². The molecule has 0 fully saturated rings. The summed E-state index contributed by atoms with van der Waals surface area (Å²) >= 11 is 1.56. The minimum absolute atomic E-state index is 0.0185. The number of H-pyrrole nitrogens is 1. The number of aromatic amines is 1. The Labute approximate surface area is 160 Å². The summed E-state index contributed by atoms with van der Waals surface area (Å²) in [6, 6.07) is 8.80. The van der Waals surface area contributed by atoms with Crippen LogP contribution in [0, 0.1) is 13.8 Å². The summed E-state index contributed by atoms with van der Waals surface area (Å²) < 4.78 is 5.34. The van der Waals surface area contributed by atoms with E-state index in [1.807, 2.05) is 19.9 Å². The Morgan fingerprint density at radius 3 is 2.67 bits per heavy atom. The van der Waals surface area contributed by atoms with Gasteiger partial charge in [0.15, 0.2) is 17.7 Å². The van der Waals surface area contributed by atoms with Crippen LogP contribution < -0.4 is 5.56 Å². The lowest BCUT2D eigenvalue weighted by Crippen LogP contribution is -2.17. The second-order valence-electron chi connectivity index (χ2n) is 6.35. The zero-order chi connectivity index (χ0) is 19.6. The number of benzene rings is 1. The number of rotatable bonds is 6. The third-order valence-electron chi connectivity index (χ3n) is 4.22. The van der Waals surface area contributed by atoms with Crippen LogP contribution in [0.2, 0.25) is 0 Å². The molecule has 1 atom stereocenters. The SMILES string of the molecule is Cc1cc(C(=O)CCC(=O)O[C@@H](C)c2nc3ccccc3c(=O)[nH]2)c(C)s1. The molecule has 0 bridgehead atoms. The van der Waals surface area contributed by atoms with Crippen molar-refractivity contribution in [2.45, 2.75) is 39.7 Å². The molecule has 3 aromatic rings. The van der Waals surface area contributed by atoms with Gasteiger partial charge in [-0.15, -0.1) is 11.3 Å². The fourth-order valence-electron chi connectivity index (χ4n) is 2.87. The smallest absolute Gasteiger partial charge is 0.306 e. The van der Waals surface area contributed by atoms with Crippen LogP contribution >= 0.6 is 11.3 Å². The van der Waals surface area contributed by atoms with Gasteiger partial charge in [-0.2, -0.15) is 0 Å². The van der Waals surface area contributed by atoms with E-state index in [1.165, 1.54) is 0 Å². The standard InChI is InChI=1S/C20H20N2O4S/c1-11-10-15(13(3)27-11)17(23)8-9-18(24)26-12(2)19-21-16-7-5-4-6-14(16)20(25)22-19/h4-7,10,12H,8-9H2,1-3H3,(H,21,22,25)/t12-/m0/s1. The molecule has 27 heavy (non-hydrogen) atoms. The minimum atomic E-state index is -0.713. The van der Waals surface area contributed by atoms with E-state index >= 15 is 0 Å². The van der Waals surface area contributed by atoms with Gasteiger partial charge in [-0.3, -0.25) is 14.4 Å². The molecule has 0 amide bonds. The van der Waals surface area contributed by atoms with Crippen LogP contribution in [-0.4, -0.2) is 21.7 Å². The molecule has 6 nitrogen and oxygen atoms in total. The lowest BCUT2D eigenvalue weighted by Gasteiger charge is -2.13. The first-order valence-corrected chi connectivity index (χ1v) is 9.45. The van der Waals surface area contributed by atoms with Crippen LogP contribution in [0.3, 0.4) is 0 Å². The van der Waals surface area contributed by atoms with Gasteiger partial charge in [0, 0.05) is 21.7 Å². The number of hydrogen-bond acceptors (Lipinski definition) is 6. The molecule has 1 N–H and O–H groups in total. The number of hydrogen-bond donors (Lipinski definition) is 1. The average molecular weight is 384 g/mol. The highest BCUT2D eigenvalue weighted by Gasteiger charge is 2.18. The number of nitrogens with zero attached hydrogens (tertiary/aromatic N) is 1. The highest BCUT2D eigenvalue weighted by atomic mass is 32.1. The third kappa shape index (κ3) is 4.31. The first kappa shape index (κ1) is 19.0. The summed E-state index contributed by atoms with van der Waals surface area (Å²) in [7, 11) is 0. The second kappa shape index (κ2) is 7.84. The molecule has 0 radical (unpaired) electrons. The quantitative estimate of drug-likeness (QED) is 0.515. The Hall–Kier alpha value is -2.80. The zero-order valence-corrected chi connectivity index (χ0v) is 16.2. The van der Waals surface area contributed by atoms with Crippen molar-refractivity contribution in [2.24, 2.45) is 0 Å². The number of fused-ring (bicyclic) bond motifs is 1. The summed E-state index contributed by atoms with van der Waals surface area (Å²) in [5.41, 5.74) is 0.925. The molecule has 0 saturated carbocycles. The van der Waals surface area contributed by atoms with Crippen LogP contribution in [0.5, 0.6) is 0 Å². The van der Waals surface area contributed by atoms with Gasteiger partial charge in [-0.05, 0) is 39.0 Å². The van der Waals surface area contributed by atoms with E-state index in [9.17, 15) is 14.4 Å². The largest absolute Gasteiger partial charge is 0.454 e. The van der Waals surface area contributed by atoms with E-state index in [0.29, 0.717) is 16.5 Å². The number of esters is 1. The maximum Gasteiger partial charge on any atom is 0.306 e. The van der Waals surface area contributed by atoms with Crippen molar-refractivity contribution in [1.82, 2.24) is 9.97 Å². The van der Waals surface area contributed by atoms with Gasteiger partial charge in [-0.1, -0.05) is 12.1 Å². The molecule has 3 rings (SSSR count). The highest BCUT2D eigenvalue weighted by Crippen LogP contribution is 2.22. The Morgan fingerprint density at radius 2 is 1.96 bits per heavy atom. The van der Waals surface area contributed by atoms with Crippen LogP contribution in [0.4, 0.5) is 0 Å². The van der Waals surface area contributed by atoms with Gasteiger partial charge < -0.3 is 9.72 Å². The fourth-order valence-corrected chi connectivity index (χ4v) is 3.81. The lowest BCUT2D eigenvalue weighted by molar-refractivity contribution is -0.148. The van der Waals surface area contributed by atoms with Crippen molar-refractivity contribution in [1.29, 1.82) is 0 Å². The second-order valence-corrected chi connectivity index (χ2v) is 7.81. The molecule has 1 aromatic carbocycles. The number of nitrogens with one attached hydrogen (secondary N) is 1. The van der Waals surface area contributed by atoms with E-state index in [-0.39, 0.29) is 30.0 Å². The van der Waals surface area contributed by atoms with Crippen molar-refractivity contribution >= 4 is 34.0 Å². The summed E-state index contributed by atoms with van der Waals surface area (Å²) in [6.45, 7) is 5.48. The molecule has 0 aliphatic carbocycles. The first-order chi connectivity index (χ1) is 12.8. The minimum Gasteiger partial charge on any atom is -0.454 e. The number of Topliss-reactive ketones (excluding diaryl/α,β-unsaturated/α-hetero) is 1. The Kier molecular flexibility index (Phi) is 5.51. The van der Waals surface area contributed by atoms with Crippen molar-refractivity contribution in [3.05, 3.63) is 61.8 Å². The zero-order valence-electron chi connectivity index (χ0n) is 15.4. The molecule has 0 aliphatic heterocycles. The lowest BCUT2D eigenvalue weighted by atomic mass is 10.1. The average Bonchev–Trinajstić information content (AvgIpc) is 2.98. The number of para-hydroxylation sites is 1. The van der Waals surface area contributed by atoms with E-state index in [1.54, 1.807) is 42.5 Å². The van der Waals surface area contributed by atoms with E-state index in [4.69, 9.17) is 4.74 Å². The molecule has 0 aliphatic rings. The van der Waals surface area contributed by atoms with Gasteiger partial charge in [-0.25, -0.2) is 4.98 Å². The normalized spacial score (nSPS) is 12.1. The number of ether oxygens (including phenoxy) is 1. The molecule has 7 heteroatoms. The Bertz CT molecular complexity index is 1070. The van der Waals surface area contributed by atoms with Gasteiger partial charge in [0.05, 0.1) is 17.3 Å². The molecule has 2 aromatic heterocycles. The maximum atomic E-state index is 12.3. The summed E-state index contributed by atoms with van der Waals surface area (Å²) in [4.78, 5) is 45.5. The molecule has 0 unspecified atom stereocenters. The molecule has 0 saturated heterocycles. The number of aromatic nitrogens is 2. The van der Waals surface area contributed by atoms with Crippen LogP contribution in [0.1, 0.15) is 51.8 Å². The van der Waals surface area contributed by atoms with Gasteiger partial charge in [0.1, 0.15) is 0 Å². The summed E-state index contributed by atoms with van der Waals surface area (Å²) in [6.07, 6.45) is -0.644. The highest BCUT2D eigenvalue weighted by molar-refractivity contribution is 7.12. The maximum absolute atomic E-state index is 12.3.